The number of nitrogens with two attached hydrogens (primary N) is 1. The molecule has 0 spiro atoms. The van der Waals surface area contributed by atoms with E-state index in [-0.39, 0.29) is 36.3 Å². The summed E-state index contributed by atoms with van der Waals surface area (Å²) in [6.07, 6.45) is -1.70. The minimum absolute atomic E-state index is 0.0190. The molecule has 3 aromatic rings. The third-order valence-corrected chi connectivity index (χ3v) is 8.59. The summed E-state index contributed by atoms with van der Waals surface area (Å²) >= 11 is 0. The topological polar surface area (TPSA) is 180 Å². The highest BCUT2D eigenvalue weighted by Gasteiger charge is 2.34. The first-order chi connectivity index (χ1) is 19.6. The van der Waals surface area contributed by atoms with E-state index in [0.717, 1.165) is 5.56 Å². The SMILES string of the molecule is COC(=O)Nc1nc2ccc(S(=O)(=O)N(CC(C)C)CC(O)C(Cc3ccccc3)NC(=O)C(N)C(C)(C)C)cc2[nH]1. The van der Waals surface area contributed by atoms with Crippen LogP contribution in [0.2, 0.25) is 0 Å². The molecular formula is C29H42N6O6S. The number of benzene rings is 2. The Kier molecular flexibility index (Phi) is 10.7. The van der Waals surface area contributed by atoms with Crippen LogP contribution in [0.1, 0.15) is 40.2 Å². The molecule has 0 fully saturated rings. The van der Waals surface area contributed by atoms with E-state index in [0.29, 0.717) is 11.0 Å². The van der Waals surface area contributed by atoms with Crippen molar-refractivity contribution in [2.24, 2.45) is 17.1 Å². The zero-order valence-electron chi connectivity index (χ0n) is 24.9. The van der Waals surface area contributed by atoms with Gasteiger partial charge in [0.05, 0.1) is 41.2 Å². The van der Waals surface area contributed by atoms with Crippen LogP contribution >= 0.6 is 0 Å². The molecule has 3 unspecified atom stereocenters. The summed E-state index contributed by atoms with van der Waals surface area (Å²) in [6.45, 7) is 9.17. The van der Waals surface area contributed by atoms with E-state index in [1.165, 1.54) is 29.6 Å². The summed E-state index contributed by atoms with van der Waals surface area (Å²) in [6, 6.07) is 12.1. The van der Waals surface area contributed by atoms with Crippen molar-refractivity contribution in [3.05, 3.63) is 54.1 Å². The quantitative estimate of drug-likeness (QED) is 0.210. The number of fused-ring (bicyclic) bond motifs is 1. The molecule has 3 rings (SSSR count). The fraction of sp³-hybridized carbons (Fsp3) is 0.483. The van der Waals surface area contributed by atoms with Gasteiger partial charge in [-0.2, -0.15) is 4.31 Å². The average Bonchev–Trinajstić information content (AvgIpc) is 3.32. The molecule has 6 N–H and O–H groups in total. The summed E-state index contributed by atoms with van der Waals surface area (Å²) < 4.78 is 33.6. The number of hydrogen-bond acceptors (Lipinski definition) is 8. The Morgan fingerprint density at radius 2 is 1.79 bits per heavy atom. The van der Waals surface area contributed by atoms with Crippen LogP contribution in [0.25, 0.3) is 11.0 Å². The Labute approximate surface area is 247 Å². The van der Waals surface area contributed by atoms with Gasteiger partial charge in [0.1, 0.15) is 0 Å². The van der Waals surface area contributed by atoms with Crippen molar-refractivity contribution in [3.63, 3.8) is 0 Å². The molecule has 0 aliphatic rings. The zero-order chi connectivity index (χ0) is 31.2. The van der Waals surface area contributed by atoms with Crippen LogP contribution in [0, 0.1) is 11.3 Å². The predicted octanol–water partition coefficient (Wildman–Crippen LogP) is 2.85. The summed E-state index contributed by atoms with van der Waals surface area (Å²) in [7, 11) is -2.88. The Morgan fingerprint density at radius 1 is 1.12 bits per heavy atom. The van der Waals surface area contributed by atoms with E-state index < -0.39 is 45.6 Å². The number of amides is 2. The molecule has 1 aromatic heterocycles. The Morgan fingerprint density at radius 3 is 2.38 bits per heavy atom. The van der Waals surface area contributed by atoms with Gasteiger partial charge < -0.3 is 25.9 Å². The molecular weight excluding hydrogens is 560 g/mol. The molecule has 0 bridgehead atoms. The number of imidazole rings is 1. The molecule has 12 nitrogen and oxygen atoms in total. The predicted molar refractivity (Wildman–Crippen MR) is 161 cm³/mol. The molecule has 0 aliphatic heterocycles. The lowest BCUT2D eigenvalue weighted by molar-refractivity contribution is -0.126. The number of aliphatic hydroxyl groups excluding tert-OH is 1. The Bertz CT molecular complexity index is 1470. The third-order valence-electron chi connectivity index (χ3n) is 6.76. The minimum Gasteiger partial charge on any atom is -0.453 e. The molecule has 42 heavy (non-hydrogen) atoms. The highest BCUT2D eigenvalue weighted by atomic mass is 32.2. The highest BCUT2D eigenvalue weighted by molar-refractivity contribution is 7.89. The largest absolute Gasteiger partial charge is 0.453 e. The van der Waals surface area contributed by atoms with Crippen molar-refractivity contribution in [3.8, 4) is 0 Å². The number of ether oxygens (including phenoxy) is 1. The lowest BCUT2D eigenvalue weighted by Crippen LogP contribution is -2.56. The summed E-state index contributed by atoms with van der Waals surface area (Å²) in [4.78, 5) is 31.7. The Balaban J connectivity index is 1.91. The second-order valence-electron chi connectivity index (χ2n) is 11.8. The average molecular weight is 603 g/mol. The number of hydrogen-bond donors (Lipinski definition) is 5. The lowest BCUT2D eigenvalue weighted by atomic mass is 9.86. The molecule has 0 radical (unpaired) electrons. The van der Waals surface area contributed by atoms with Crippen molar-refractivity contribution >= 4 is 39.0 Å². The normalized spacial score (nSPS) is 14.5. The zero-order valence-corrected chi connectivity index (χ0v) is 25.7. The minimum atomic E-state index is -4.10. The maximum absolute atomic E-state index is 13.9. The third kappa shape index (κ3) is 8.51. The molecule has 0 aliphatic carbocycles. The van der Waals surface area contributed by atoms with E-state index in [2.05, 4.69) is 25.3 Å². The number of nitrogens with zero attached hydrogens (tertiary/aromatic N) is 2. The number of anilines is 1. The maximum atomic E-state index is 13.9. The molecule has 230 valence electrons. The number of carbonyl (C=O) groups is 2. The molecule has 1 heterocycles. The van der Waals surface area contributed by atoms with Crippen molar-refractivity contribution in [2.75, 3.05) is 25.5 Å². The summed E-state index contributed by atoms with van der Waals surface area (Å²) in [5, 5.41) is 16.7. The first-order valence-corrected chi connectivity index (χ1v) is 15.2. The van der Waals surface area contributed by atoms with Gasteiger partial charge >= 0.3 is 6.09 Å². The molecule has 2 aromatic carbocycles. The van der Waals surface area contributed by atoms with Gasteiger partial charge in [-0.15, -0.1) is 0 Å². The van der Waals surface area contributed by atoms with Crippen LogP contribution in [0.4, 0.5) is 10.7 Å². The van der Waals surface area contributed by atoms with E-state index in [1.807, 2.05) is 65.0 Å². The molecule has 13 heteroatoms. The number of aromatic amines is 1. The van der Waals surface area contributed by atoms with Gasteiger partial charge in [-0.05, 0) is 41.5 Å². The number of aliphatic hydroxyl groups is 1. The highest BCUT2D eigenvalue weighted by Crippen LogP contribution is 2.24. The van der Waals surface area contributed by atoms with Crippen molar-refractivity contribution in [1.82, 2.24) is 19.6 Å². The monoisotopic (exact) mass is 602 g/mol. The van der Waals surface area contributed by atoms with Gasteiger partial charge in [0, 0.05) is 13.1 Å². The number of rotatable bonds is 12. The molecule has 0 saturated carbocycles. The van der Waals surface area contributed by atoms with Gasteiger partial charge in [-0.25, -0.2) is 18.2 Å². The van der Waals surface area contributed by atoms with Crippen molar-refractivity contribution in [1.29, 1.82) is 0 Å². The molecule has 0 saturated heterocycles. The van der Waals surface area contributed by atoms with Gasteiger partial charge in [-0.3, -0.25) is 10.1 Å². The van der Waals surface area contributed by atoms with Crippen LogP contribution in [-0.2, 0) is 26.0 Å². The number of carbonyl (C=O) groups excluding carboxylic acids is 2. The number of aromatic nitrogens is 2. The van der Waals surface area contributed by atoms with Gasteiger partial charge in [0.25, 0.3) is 0 Å². The van der Waals surface area contributed by atoms with Crippen LogP contribution in [0.3, 0.4) is 0 Å². The van der Waals surface area contributed by atoms with E-state index in [4.69, 9.17) is 5.73 Å². The van der Waals surface area contributed by atoms with E-state index in [9.17, 15) is 23.1 Å². The second-order valence-corrected chi connectivity index (χ2v) is 13.8. The van der Waals surface area contributed by atoms with E-state index >= 15 is 0 Å². The smallest absolute Gasteiger partial charge is 0.413 e. The molecule has 3 atom stereocenters. The van der Waals surface area contributed by atoms with Crippen LogP contribution in [0.15, 0.2) is 53.4 Å². The first kappa shape index (κ1) is 33.0. The van der Waals surface area contributed by atoms with Gasteiger partial charge in [-0.1, -0.05) is 65.0 Å². The van der Waals surface area contributed by atoms with E-state index in [1.54, 1.807) is 0 Å². The number of sulfonamides is 1. The standard InChI is InChI=1S/C29H42N6O6S/c1-18(2)16-35(42(39,40)20-12-13-21-22(15-20)33-27(32-21)34-28(38)41-6)17-24(36)23(14-19-10-8-7-9-11-19)31-26(37)25(30)29(3,4)5/h7-13,15,18,23-25,36H,14,16-17,30H2,1-6H3,(H,31,37)(H2,32,33,34,38). The molecule has 2 amide bonds. The second kappa shape index (κ2) is 13.6. The summed E-state index contributed by atoms with van der Waals surface area (Å²) in [5.41, 5.74) is 7.37. The number of H-pyrrole nitrogens is 1. The van der Waals surface area contributed by atoms with Crippen LogP contribution < -0.4 is 16.4 Å². The van der Waals surface area contributed by atoms with Gasteiger partial charge in [0.15, 0.2) is 0 Å². The number of nitrogens with one attached hydrogen (secondary N) is 3. The van der Waals surface area contributed by atoms with Crippen molar-refractivity contribution < 1.29 is 27.9 Å². The van der Waals surface area contributed by atoms with Crippen LogP contribution in [0.5, 0.6) is 0 Å². The fourth-order valence-electron chi connectivity index (χ4n) is 4.34. The van der Waals surface area contributed by atoms with Crippen molar-refractivity contribution in [2.45, 2.75) is 64.1 Å². The van der Waals surface area contributed by atoms with Crippen LogP contribution in [-0.4, -0.2) is 78.2 Å². The maximum Gasteiger partial charge on any atom is 0.413 e. The first-order valence-electron chi connectivity index (χ1n) is 13.7. The lowest BCUT2D eigenvalue weighted by Gasteiger charge is -2.33. The Hall–Kier alpha value is -3.52. The van der Waals surface area contributed by atoms with Gasteiger partial charge in [0.2, 0.25) is 21.9 Å². The fourth-order valence-corrected chi connectivity index (χ4v) is 5.98. The number of methoxy groups -OCH3 is 1. The summed E-state index contributed by atoms with van der Waals surface area (Å²) in [5.74, 6) is -0.383.